The summed E-state index contributed by atoms with van der Waals surface area (Å²) in [6.07, 6.45) is 2.30. The first-order chi connectivity index (χ1) is 12.7. The molecule has 26 heavy (non-hydrogen) atoms. The summed E-state index contributed by atoms with van der Waals surface area (Å²) in [7, 11) is 0. The fourth-order valence-electron chi connectivity index (χ4n) is 2.68. The van der Waals surface area contributed by atoms with Gasteiger partial charge in [-0.2, -0.15) is 0 Å². The molecule has 0 bridgehead atoms. The Morgan fingerprint density at radius 3 is 2.42 bits per heavy atom. The van der Waals surface area contributed by atoms with Crippen molar-refractivity contribution < 1.29 is 19.0 Å². The van der Waals surface area contributed by atoms with Crippen molar-refractivity contribution in [3.63, 3.8) is 0 Å². The van der Waals surface area contributed by atoms with Crippen molar-refractivity contribution in [1.82, 2.24) is 0 Å². The highest BCUT2D eigenvalue weighted by atomic mass is 16.5. The Bertz CT molecular complexity index is 695. The van der Waals surface area contributed by atoms with Gasteiger partial charge < -0.3 is 25.3 Å². The minimum Gasteiger partial charge on any atom is -0.492 e. The Morgan fingerprint density at radius 1 is 1.08 bits per heavy atom. The van der Waals surface area contributed by atoms with Crippen LogP contribution in [0.4, 0.5) is 5.69 Å². The van der Waals surface area contributed by atoms with E-state index in [0.717, 1.165) is 30.9 Å². The van der Waals surface area contributed by atoms with Crippen molar-refractivity contribution in [2.75, 3.05) is 31.7 Å². The Morgan fingerprint density at radius 2 is 1.77 bits per heavy atom. The summed E-state index contributed by atoms with van der Waals surface area (Å²) < 4.78 is 16.6. The number of rotatable bonds is 8. The summed E-state index contributed by atoms with van der Waals surface area (Å²) in [5.74, 6) is 1.28. The van der Waals surface area contributed by atoms with Gasteiger partial charge in [-0.15, -0.1) is 0 Å². The molecule has 0 radical (unpaired) electrons. The molecule has 1 atom stereocenters. The van der Waals surface area contributed by atoms with Gasteiger partial charge in [-0.1, -0.05) is 0 Å². The number of benzene rings is 2. The lowest BCUT2D eigenvalue weighted by atomic mass is 10.2. The van der Waals surface area contributed by atoms with Crippen LogP contribution in [0.1, 0.15) is 23.2 Å². The summed E-state index contributed by atoms with van der Waals surface area (Å²) in [6, 6.07) is 14.3. The molecule has 3 rings (SSSR count). The maximum Gasteiger partial charge on any atom is 0.255 e. The topological polar surface area (TPSA) is 82.8 Å². The molecule has 2 aromatic rings. The van der Waals surface area contributed by atoms with E-state index >= 15 is 0 Å². The zero-order valence-corrected chi connectivity index (χ0v) is 14.6. The van der Waals surface area contributed by atoms with Gasteiger partial charge in [-0.3, -0.25) is 4.79 Å². The lowest BCUT2D eigenvalue weighted by Crippen LogP contribution is -2.16. The molecule has 3 N–H and O–H groups in total. The molecule has 2 aromatic carbocycles. The molecule has 0 aromatic heterocycles. The molecule has 0 saturated carbocycles. The first-order valence-electron chi connectivity index (χ1n) is 8.83. The molecule has 1 aliphatic heterocycles. The number of nitrogens with two attached hydrogens (primary N) is 1. The normalized spacial score (nSPS) is 16.3. The van der Waals surface area contributed by atoms with Crippen molar-refractivity contribution in [3.05, 3.63) is 54.1 Å². The third-order valence-electron chi connectivity index (χ3n) is 4.08. The molecular formula is C20H24N2O4. The van der Waals surface area contributed by atoms with Crippen LogP contribution in [-0.2, 0) is 4.74 Å². The first-order valence-corrected chi connectivity index (χ1v) is 8.83. The average molecular weight is 356 g/mol. The van der Waals surface area contributed by atoms with Gasteiger partial charge in [0, 0.05) is 24.4 Å². The van der Waals surface area contributed by atoms with Crippen LogP contribution >= 0.6 is 0 Å². The van der Waals surface area contributed by atoms with E-state index in [2.05, 4.69) is 5.32 Å². The van der Waals surface area contributed by atoms with Crippen LogP contribution in [0.15, 0.2) is 48.5 Å². The molecule has 1 aliphatic rings. The van der Waals surface area contributed by atoms with Crippen LogP contribution in [0.25, 0.3) is 0 Å². The van der Waals surface area contributed by atoms with Crippen LogP contribution in [0, 0.1) is 0 Å². The van der Waals surface area contributed by atoms with E-state index in [0.29, 0.717) is 31.0 Å². The van der Waals surface area contributed by atoms with Crippen LogP contribution < -0.4 is 20.5 Å². The number of hydrogen-bond acceptors (Lipinski definition) is 5. The number of ether oxygens (including phenoxy) is 3. The number of carbonyl (C=O) groups is 1. The highest BCUT2D eigenvalue weighted by Crippen LogP contribution is 2.19. The second kappa shape index (κ2) is 9.22. The van der Waals surface area contributed by atoms with Crippen molar-refractivity contribution in [2.24, 2.45) is 5.73 Å². The zero-order chi connectivity index (χ0) is 18.2. The zero-order valence-electron chi connectivity index (χ0n) is 14.6. The second-order valence-corrected chi connectivity index (χ2v) is 6.09. The van der Waals surface area contributed by atoms with Crippen molar-refractivity contribution in [1.29, 1.82) is 0 Å². The molecule has 6 nitrogen and oxygen atoms in total. The number of amides is 1. The largest absolute Gasteiger partial charge is 0.492 e. The predicted molar refractivity (Wildman–Crippen MR) is 99.9 cm³/mol. The van der Waals surface area contributed by atoms with E-state index in [1.165, 1.54) is 0 Å². The second-order valence-electron chi connectivity index (χ2n) is 6.09. The van der Waals surface area contributed by atoms with Gasteiger partial charge in [0.1, 0.15) is 24.7 Å². The number of carbonyl (C=O) groups excluding carboxylic acids is 1. The molecule has 1 heterocycles. The van der Waals surface area contributed by atoms with Crippen LogP contribution in [0.2, 0.25) is 0 Å². The van der Waals surface area contributed by atoms with Gasteiger partial charge in [-0.05, 0) is 61.4 Å². The number of anilines is 1. The van der Waals surface area contributed by atoms with E-state index in [1.54, 1.807) is 48.5 Å². The standard InChI is InChI=1S/C20H24N2O4/c21-11-13-25-17-9-5-16(6-10-17)22-20(23)15-3-7-18(8-4-15)26-14-19-2-1-12-24-19/h3-10,19H,1-2,11-14,21H2,(H,22,23). The third-order valence-corrected chi connectivity index (χ3v) is 4.08. The third kappa shape index (κ3) is 5.21. The Labute approximate surface area is 153 Å². The van der Waals surface area contributed by atoms with Gasteiger partial charge in [0.25, 0.3) is 5.91 Å². The van der Waals surface area contributed by atoms with Crippen molar-refractivity contribution in [3.8, 4) is 11.5 Å². The first kappa shape index (κ1) is 18.2. The molecule has 138 valence electrons. The minimum absolute atomic E-state index is 0.175. The van der Waals surface area contributed by atoms with E-state index in [-0.39, 0.29) is 12.0 Å². The SMILES string of the molecule is NCCOc1ccc(NC(=O)c2ccc(OCC3CCCO3)cc2)cc1. The molecule has 0 aliphatic carbocycles. The fourth-order valence-corrected chi connectivity index (χ4v) is 2.68. The maximum atomic E-state index is 12.3. The molecule has 1 unspecified atom stereocenters. The Kier molecular flexibility index (Phi) is 6.46. The molecular weight excluding hydrogens is 332 g/mol. The van der Waals surface area contributed by atoms with Gasteiger partial charge in [0.2, 0.25) is 0 Å². The van der Waals surface area contributed by atoms with Crippen LogP contribution in [0.3, 0.4) is 0 Å². The van der Waals surface area contributed by atoms with E-state index in [4.69, 9.17) is 19.9 Å². The highest BCUT2D eigenvalue weighted by molar-refractivity contribution is 6.04. The number of nitrogens with one attached hydrogen (secondary N) is 1. The smallest absolute Gasteiger partial charge is 0.255 e. The van der Waals surface area contributed by atoms with E-state index in [9.17, 15) is 4.79 Å². The van der Waals surface area contributed by atoms with Gasteiger partial charge in [0.05, 0.1) is 6.10 Å². The molecule has 1 amide bonds. The quantitative estimate of drug-likeness (QED) is 0.760. The Hall–Kier alpha value is -2.57. The molecule has 0 spiro atoms. The maximum absolute atomic E-state index is 12.3. The summed E-state index contributed by atoms with van der Waals surface area (Å²) in [5.41, 5.74) is 6.67. The minimum atomic E-state index is -0.175. The van der Waals surface area contributed by atoms with Crippen molar-refractivity contribution >= 4 is 11.6 Å². The summed E-state index contributed by atoms with van der Waals surface area (Å²) in [4.78, 5) is 12.3. The monoisotopic (exact) mass is 356 g/mol. The summed E-state index contributed by atoms with van der Waals surface area (Å²) in [5, 5.41) is 2.86. The Balaban J connectivity index is 1.50. The molecule has 6 heteroatoms. The van der Waals surface area contributed by atoms with Gasteiger partial charge in [-0.25, -0.2) is 0 Å². The van der Waals surface area contributed by atoms with Gasteiger partial charge >= 0.3 is 0 Å². The highest BCUT2D eigenvalue weighted by Gasteiger charge is 2.16. The van der Waals surface area contributed by atoms with E-state index in [1.807, 2.05) is 0 Å². The predicted octanol–water partition coefficient (Wildman–Crippen LogP) is 2.83. The average Bonchev–Trinajstić information content (AvgIpc) is 3.20. The lowest BCUT2D eigenvalue weighted by molar-refractivity contribution is 0.0679. The lowest BCUT2D eigenvalue weighted by Gasteiger charge is -2.12. The number of hydrogen-bond donors (Lipinski definition) is 2. The van der Waals surface area contributed by atoms with Gasteiger partial charge in [0.15, 0.2) is 0 Å². The van der Waals surface area contributed by atoms with Crippen molar-refractivity contribution in [2.45, 2.75) is 18.9 Å². The fraction of sp³-hybridized carbons (Fsp3) is 0.350. The summed E-state index contributed by atoms with van der Waals surface area (Å²) >= 11 is 0. The van der Waals surface area contributed by atoms with E-state index < -0.39 is 0 Å². The molecule has 1 saturated heterocycles. The molecule has 1 fully saturated rings. The van der Waals surface area contributed by atoms with Crippen LogP contribution in [0.5, 0.6) is 11.5 Å². The summed E-state index contributed by atoms with van der Waals surface area (Å²) in [6.45, 7) is 2.29. The van der Waals surface area contributed by atoms with Crippen LogP contribution in [-0.4, -0.2) is 38.4 Å².